The van der Waals surface area contributed by atoms with Crippen LogP contribution in [0.25, 0.3) is 10.9 Å². The quantitative estimate of drug-likeness (QED) is 0.515. The van der Waals surface area contributed by atoms with Crippen LogP contribution in [0.1, 0.15) is 63.4 Å². The second-order valence-corrected chi connectivity index (χ2v) is 8.17. The molecule has 0 amide bonds. The Morgan fingerprint density at radius 3 is 2.62 bits per heavy atom. The van der Waals surface area contributed by atoms with E-state index >= 15 is 0 Å². The summed E-state index contributed by atoms with van der Waals surface area (Å²) in [4.78, 5) is 13.1. The molecule has 0 saturated carbocycles. The van der Waals surface area contributed by atoms with Crippen molar-refractivity contribution < 1.29 is 14.6 Å². The Labute approximate surface area is 174 Å². The number of aliphatic carboxylic acids is 1. The van der Waals surface area contributed by atoms with Crippen molar-refractivity contribution in [3.8, 4) is 0 Å². The van der Waals surface area contributed by atoms with Crippen LogP contribution in [0.4, 0.5) is 0 Å². The van der Waals surface area contributed by atoms with E-state index in [0.29, 0.717) is 12.3 Å². The van der Waals surface area contributed by atoms with Crippen molar-refractivity contribution in [1.82, 2.24) is 9.47 Å². The minimum absolute atomic E-state index is 0.309. The van der Waals surface area contributed by atoms with Crippen molar-refractivity contribution >= 4 is 16.9 Å². The summed E-state index contributed by atoms with van der Waals surface area (Å²) in [6, 6.07) is 8.77. The first kappa shape index (κ1) is 21.8. The smallest absolute Gasteiger partial charge is 0.303 e. The molecule has 29 heavy (non-hydrogen) atoms. The predicted octanol–water partition coefficient (Wildman–Crippen LogP) is 4.89. The first-order valence-electron chi connectivity index (χ1n) is 11.3. The first-order valence-corrected chi connectivity index (χ1v) is 11.3. The van der Waals surface area contributed by atoms with Gasteiger partial charge < -0.3 is 19.3 Å². The molecule has 2 heterocycles. The lowest BCUT2D eigenvalue weighted by Crippen LogP contribution is -2.33. The molecule has 1 N–H and O–H groups in total. The van der Waals surface area contributed by atoms with Crippen LogP contribution in [0.15, 0.2) is 30.5 Å². The Hall–Kier alpha value is -1.85. The molecule has 1 fully saturated rings. The average molecular weight is 401 g/mol. The molecule has 5 nitrogen and oxygen atoms in total. The maximum Gasteiger partial charge on any atom is 0.303 e. The SMILES string of the molecule is CCOCCn1cc(C2CCN(CCCCCCC(=O)O)CC2)c2ccccc21. The summed E-state index contributed by atoms with van der Waals surface area (Å²) >= 11 is 0. The van der Waals surface area contributed by atoms with Gasteiger partial charge >= 0.3 is 5.97 Å². The number of aromatic nitrogens is 1. The molecule has 3 rings (SSSR count). The molecule has 0 spiro atoms. The fraction of sp³-hybridized carbons (Fsp3) is 0.625. The molecule has 0 bridgehead atoms. The number of ether oxygens (including phenoxy) is 1. The van der Waals surface area contributed by atoms with Crippen molar-refractivity contribution in [3.63, 3.8) is 0 Å². The Bertz CT molecular complexity index is 763. The van der Waals surface area contributed by atoms with E-state index in [2.05, 4.69) is 39.9 Å². The van der Waals surface area contributed by atoms with Gasteiger partial charge in [-0.1, -0.05) is 31.0 Å². The monoisotopic (exact) mass is 400 g/mol. The molecule has 0 radical (unpaired) electrons. The molecule has 1 aliphatic rings. The van der Waals surface area contributed by atoms with Gasteiger partial charge in [-0.25, -0.2) is 0 Å². The van der Waals surface area contributed by atoms with Gasteiger partial charge in [0.2, 0.25) is 0 Å². The summed E-state index contributed by atoms with van der Waals surface area (Å²) in [6.45, 7) is 7.97. The topological polar surface area (TPSA) is 54.7 Å². The van der Waals surface area contributed by atoms with Gasteiger partial charge in [0.15, 0.2) is 0 Å². The highest BCUT2D eigenvalue weighted by Gasteiger charge is 2.23. The van der Waals surface area contributed by atoms with Crippen molar-refractivity contribution in [2.45, 2.75) is 64.3 Å². The zero-order valence-corrected chi connectivity index (χ0v) is 17.8. The third-order valence-electron chi connectivity index (χ3n) is 6.14. The second kappa shape index (κ2) is 11.4. The van der Waals surface area contributed by atoms with Gasteiger partial charge in [-0.05, 0) is 69.8 Å². The molecule has 5 heteroatoms. The number of benzene rings is 1. The van der Waals surface area contributed by atoms with E-state index in [4.69, 9.17) is 9.84 Å². The van der Waals surface area contributed by atoms with Crippen LogP contribution in [0.5, 0.6) is 0 Å². The standard InChI is InChI=1S/C24H36N2O3/c1-2-29-18-17-26-19-22(21-9-6-7-10-23(21)26)20-12-15-25(16-13-20)14-8-4-3-5-11-24(27)28/h6-7,9-10,19-20H,2-5,8,11-18H2,1H3,(H,27,28). The fourth-order valence-electron chi connectivity index (χ4n) is 4.53. The lowest BCUT2D eigenvalue weighted by Gasteiger charge is -2.32. The molecule has 1 aromatic heterocycles. The normalized spacial score (nSPS) is 15.9. The maximum atomic E-state index is 10.6. The number of carbonyl (C=O) groups is 1. The molecule has 0 unspecified atom stereocenters. The number of unbranched alkanes of at least 4 members (excludes halogenated alkanes) is 3. The summed E-state index contributed by atoms with van der Waals surface area (Å²) in [6.07, 6.45) is 9.28. The van der Waals surface area contributed by atoms with Crippen molar-refractivity contribution in [2.24, 2.45) is 0 Å². The van der Waals surface area contributed by atoms with Gasteiger partial charge in [0.1, 0.15) is 0 Å². The number of rotatable bonds is 12. The Morgan fingerprint density at radius 1 is 1.10 bits per heavy atom. The third kappa shape index (κ3) is 6.31. The van der Waals surface area contributed by atoms with E-state index in [1.165, 1.54) is 35.7 Å². The number of hydrogen-bond donors (Lipinski definition) is 1. The average Bonchev–Trinajstić information content (AvgIpc) is 3.10. The summed E-state index contributed by atoms with van der Waals surface area (Å²) in [7, 11) is 0. The second-order valence-electron chi connectivity index (χ2n) is 8.17. The predicted molar refractivity (Wildman–Crippen MR) is 118 cm³/mol. The molecular formula is C24H36N2O3. The minimum Gasteiger partial charge on any atom is -0.481 e. The molecular weight excluding hydrogens is 364 g/mol. The Balaban J connectivity index is 1.49. The lowest BCUT2D eigenvalue weighted by molar-refractivity contribution is -0.137. The van der Waals surface area contributed by atoms with E-state index in [9.17, 15) is 4.79 Å². The van der Waals surface area contributed by atoms with Crippen molar-refractivity contribution in [2.75, 3.05) is 32.8 Å². The summed E-state index contributed by atoms with van der Waals surface area (Å²) in [5.74, 6) is -0.0358. The maximum absolute atomic E-state index is 10.6. The highest BCUT2D eigenvalue weighted by Crippen LogP contribution is 2.34. The number of para-hydroxylation sites is 1. The van der Waals surface area contributed by atoms with Gasteiger partial charge in [0.05, 0.1) is 6.61 Å². The number of fused-ring (bicyclic) bond motifs is 1. The number of likely N-dealkylation sites (tertiary alicyclic amines) is 1. The third-order valence-corrected chi connectivity index (χ3v) is 6.14. The van der Waals surface area contributed by atoms with Gasteiger partial charge in [0.25, 0.3) is 0 Å². The minimum atomic E-state index is -0.675. The van der Waals surface area contributed by atoms with Crippen LogP contribution in [0.3, 0.4) is 0 Å². The van der Waals surface area contributed by atoms with Gasteiger partial charge in [-0.2, -0.15) is 0 Å². The summed E-state index contributed by atoms with van der Waals surface area (Å²) in [5.41, 5.74) is 2.83. The van der Waals surface area contributed by atoms with Gasteiger partial charge in [-0.3, -0.25) is 4.79 Å². The van der Waals surface area contributed by atoms with Crippen LogP contribution >= 0.6 is 0 Å². The number of nitrogens with zero attached hydrogens (tertiary/aromatic N) is 2. The summed E-state index contributed by atoms with van der Waals surface area (Å²) < 4.78 is 7.94. The molecule has 2 aromatic rings. The van der Waals surface area contributed by atoms with E-state index in [1.54, 1.807) is 0 Å². The van der Waals surface area contributed by atoms with Crippen molar-refractivity contribution in [1.29, 1.82) is 0 Å². The van der Waals surface area contributed by atoms with E-state index in [0.717, 1.165) is 58.7 Å². The van der Waals surface area contributed by atoms with E-state index < -0.39 is 5.97 Å². The highest BCUT2D eigenvalue weighted by atomic mass is 16.5. The number of carboxylic acids is 1. The van der Waals surface area contributed by atoms with Gasteiger partial charge in [-0.15, -0.1) is 0 Å². The van der Waals surface area contributed by atoms with Crippen LogP contribution in [-0.2, 0) is 16.1 Å². The van der Waals surface area contributed by atoms with Gasteiger partial charge in [0, 0.05) is 36.7 Å². The zero-order valence-electron chi connectivity index (χ0n) is 17.8. The molecule has 1 saturated heterocycles. The first-order chi connectivity index (χ1) is 14.2. The Kier molecular flexibility index (Phi) is 8.56. The van der Waals surface area contributed by atoms with Crippen LogP contribution in [-0.4, -0.2) is 53.4 Å². The molecule has 160 valence electrons. The molecule has 0 aliphatic carbocycles. The zero-order chi connectivity index (χ0) is 20.5. The van der Waals surface area contributed by atoms with Crippen LogP contribution in [0.2, 0.25) is 0 Å². The molecule has 0 atom stereocenters. The largest absolute Gasteiger partial charge is 0.481 e. The summed E-state index contributed by atoms with van der Waals surface area (Å²) in [5, 5.41) is 10.1. The van der Waals surface area contributed by atoms with E-state index in [-0.39, 0.29) is 0 Å². The Morgan fingerprint density at radius 2 is 1.86 bits per heavy atom. The number of piperidine rings is 1. The molecule has 1 aromatic carbocycles. The van der Waals surface area contributed by atoms with Crippen molar-refractivity contribution in [3.05, 3.63) is 36.0 Å². The van der Waals surface area contributed by atoms with E-state index in [1.807, 2.05) is 6.92 Å². The van der Waals surface area contributed by atoms with Crippen LogP contribution in [0, 0.1) is 0 Å². The fourth-order valence-corrected chi connectivity index (χ4v) is 4.53. The number of carboxylic acid groups (broad SMARTS) is 1. The number of hydrogen-bond acceptors (Lipinski definition) is 3. The molecule has 1 aliphatic heterocycles. The van der Waals surface area contributed by atoms with Crippen LogP contribution < -0.4 is 0 Å². The highest BCUT2D eigenvalue weighted by molar-refractivity contribution is 5.84. The lowest BCUT2D eigenvalue weighted by atomic mass is 9.89.